The number of anilines is 2. The van der Waals surface area contributed by atoms with Crippen molar-refractivity contribution in [1.82, 2.24) is 4.90 Å². The molecule has 2 aromatic carbocycles. The van der Waals surface area contributed by atoms with Crippen molar-refractivity contribution in [2.75, 3.05) is 49.2 Å². The van der Waals surface area contributed by atoms with Gasteiger partial charge in [0, 0.05) is 50.4 Å². The Hall–Kier alpha value is -2.75. The van der Waals surface area contributed by atoms with Gasteiger partial charge in [0.15, 0.2) is 9.84 Å². The first-order valence-electron chi connectivity index (χ1n) is 10.8. The fraction of sp³-hybridized carbons (Fsp3) is 0.435. The Morgan fingerprint density at radius 1 is 1.03 bits per heavy atom. The number of alkyl halides is 3. The van der Waals surface area contributed by atoms with Crippen LogP contribution in [-0.4, -0.2) is 58.2 Å². The maximum absolute atomic E-state index is 13.3. The van der Waals surface area contributed by atoms with Gasteiger partial charge in [-0.3, -0.25) is 4.79 Å². The highest BCUT2D eigenvalue weighted by Crippen LogP contribution is 2.32. The van der Waals surface area contributed by atoms with Gasteiger partial charge in [-0.2, -0.15) is 13.2 Å². The number of sulfone groups is 1. The molecule has 33 heavy (non-hydrogen) atoms. The van der Waals surface area contributed by atoms with Crippen molar-refractivity contribution < 1.29 is 26.4 Å². The molecule has 0 aromatic heterocycles. The molecule has 4 rings (SSSR count). The van der Waals surface area contributed by atoms with Crippen molar-refractivity contribution >= 4 is 27.1 Å². The van der Waals surface area contributed by atoms with E-state index >= 15 is 0 Å². The SMILES string of the molecule is CS(=O)(=O)c1ccc(NCC2CC2)c(C(=O)N2CCN(c3ccc(C(F)(F)F)cc3)CC2)c1. The second-order valence-electron chi connectivity index (χ2n) is 8.63. The fourth-order valence-corrected chi connectivity index (χ4v) is 4.51. The minimum absolute atomic E-state index is 0.0891. The van der Waals surface area contributed by atoms with Crippen LogP contribution in [0.25, 0.3) is 0 Å². The monoisotopic (exact) mass is 481 g/mol. The molecule has 0 bridgehead atoms. The molecule has 1 N–H and O–H groups in total. The number of hydrogen-bond donors (Lipinski definition) is 1. The van der Waals surface area contributed by atoms with Crippen LogP contribution in [0.4, 0.5) is 24.5 Å². The highest BCUT2D eigenvalue weighted by atomic mass is 32.2. The normalized spacial score (nSPS) is 17.2. The Kier molecular flexibility index (Phi) is 6.30. The van der Waals surface area contributed by atoms with Crippen LogP contribution < -0.4 is 10.2 Å². The van der Waals surface area contributed by atoms with Crippen molar-refractivity contribution in [3.05, 3.63) is 53.6 Å². The molecule has 0 spiro atoms. The van der Waals surface area contributed by atoms with Crippen LogP contribution in [0.3, 0.4) is 0 Å². The third-order valence-electron chi connectivity index (χ3n) is 6.05. The average molecular weight is 482 g/mol. The lowest BCUT2D eigenvalue weighted by Gasteiger charge is -2.36. The maximum Gasteiger partial charge on any atom is 0.416 e. The lowest BCUT2D eigenvalue weighted by Crippen LogP contribution is -2.49. The van der Waals surface area contributed by atoms with E-state index in [2.05, 4.69) is 5.32 Å². The van der Waals surface area contributed by atoms with Gasteiger partial charge in [-0.05, 0) is 61.2 Å². The van der Waals surface area contributed by atoms with Gasteiger partial charge in [0.1, 0.15) is 0 Å². The van der Waals surface area contributed by atoms with Crippen molar-refractivity contribution in [3.63, 3.8) is 0 Å². The molecule has 2 aliphatic rings. The van der Waals surface area contributed by atoms with E-state index in [4.69, 9.17) is 0 Å². The van der Waals surface area contributed by atoms with Crippen LogP contribution in [0, 0.1) is 5.92 Å². The molecule has 1 amide bonds. The molecule has 1 saturated heterocycles. The van der Waals surface area contributed by atoms with E-state index in [1.165, 1.54) is 24.3 Å². The van der Waals surface area contributed by atoms with Crippen molar-refractivity contribution in [2.24, 2.45) is 5.92 Å². The van der Waals surface area contributed by atoms with Gasteiger partial charge in [-0.25, -0.2) is 8.42 Å². The molecule has 1 heterocycles. The van der Waals surface area contributed by atoms with E-state index in [0.717, 1.165) is 37.8 Å². The topological polar surface area (TPSA) is 69.7 Å². The molecule has 0 atom stereocenters. The van der Waals surface area contributed by atoms with Crippen molar-refractivity contribution in [1.29, 1.82) is 0 Å². The molecule has 1 saturated carbocycles. The van der Waals surface area contributed by atoms with Gasteiger partial charge in [0.25, 0.3) is 5.91 Å². The summed E-state index contributed by atoms with van der Waals surface area (Å²) in [5, 5.41) is 3.28. The lowest BCUT2D eigenvalue weighted by atomic mass is 10.1. The lowest BCUT2D eigenvalue weighted by molar-refractivity contribution is -0.137. The number of halogens is 3. The highest BCUT2D eigenvalue weighted by molar-refractivity contribution is 7.90. The van der Waals surface area contributed by atoms with E-state index in [-0.39, 0.29) is 10.8 Å². The summed E-state index contributed by atoms with van der Waals surface area (Å²) in [5.41, 5.74) is 0.907. The first kappa shape index (κ1) is 23.4. The standard InChI is InChI=1S/C23H26F3N3O3S/c1-33(31,32)19-8-9-21(27-15-16-2-3-16)20(14-19)22(30)29-12-10-28(11-13-29)18-6-4-17(5-7-18)23(24,25)26/h4-9,14,16,27H,2-3,10-13,15H2,1H3. The molecular weight excluding hydrogens is 455 g/mol. The summed E-state index contributed by atoms with van der Waals surface area (Å²) in [6, 6.07) is 9.57. The number of benzene rings is 2. The summed E-state index contributed by atoms with van der Waals surface area (Å²) in [5.74, 6) is 0.320. The molecule has 0 unspecified atom stereocenters. The molecular formula is C23H26F3N3O3S. The van der Waals surface area contributed by atoms with Crippen LogP contribution in [0.2, 0.25) is 0 Å². The van der Waals surface area contributed by atoms with Crippen molar-refractivity contribution in [3.8, 4) is 0 Å². The molecule has 0 radical (unpaired) electrons. The molecule has 6 nitrogen and oxygen atoms in total. The number of nitrogens with one attached hydrogen (secondary N) is 1. The van der Waals surface area contributed by atoms with Crippen molar-refractivity contribution in [2.45, 2.75) is 23.9 Å². The van der Waals surface area contributed by atoms with Crippen LogP contribution >= 0.6 is 0 Å². The number of carbonyl (C=O) groups is 1. The zero-order valence-electron chi connectivity index (χ0n) is 18.2. The maximum atomic E-state index is 13.3. The summed E-state index contributed by atoms with van der Waals surface area (Å²) >= 11 is 0. The number of piperazine rings is 1. The minimum atomic E-state index is -4.38. The number of hydrogen-bond acceptors (Lipinski definition) is 5. The number of carbonyl (C=O) groups excluding carboxylic acids is 1. The summed E-state index contributed by atoms with van der Waals surface area (Å²) in [4.78, 5) is 17.0. The van der Waals surface area contributed by atoms with Gasteiger partial charge in [-0.1, -0.05) is 0 Å². The van der Waals surface area contributed by atoms with Crippen LogP contribution in [-0.2, 0) is 16.0 Å². The highest BCUT2D eigenvalue weighted by Gasteiger charge is 2.31. The van der Waals surface area contributed by atoms with E-state index in [0.29, 0.717) is 49.0 Å². The Bertz CT molecular complexity index is 1120. The van der Waals surface area contributed by atoms with Gasteiger partial charge >= 0.3 is 6.18 Å². The molecule has 2 fully saturated rings. The third-order valence-corrected chi connectivity index (χ3v) is 7.16. The second kappa shape index (κ2) is 8.89. The summed E-state index contributed by atoms with van der Waals surface area (Å²) in [7, 11) is -3.47. The summed E-state index contributed by atoms with van der Waals surface area (Å²) in [6.07, 6.45) is -0.987. The van der Waals surface area contributed by atoms with E-state index in [1.807, 2.05) is 4.90 Å². The summed E-state index contributed by atoms with van der Waals surface area (Å²) < 4.78 is 62.5. The largest absolute Gasteiger partial charge is 0.416 e. The number of rotatable bonds is 6. The Balaban J connectivity index is 1.47. The Morgan fingerprint density at radius 2 is 1.67 bits per heavy atom. The van der Waals surface area contributed by atoms with Gasteiger partial charge in [-0.15, -0.1) is 0 Å². The molecule has 1 aliphatic heterocycles. The third kappa shape index (κ3) is 5.61. The summed E-state index contributed by atoms with van der Waals surface area (Å²) in [6.45, 7) is 2.43. The first-order valence-corrected chi connectivity index (χ1v) is 12.7. The van der Waals surface area contributed by atoms with E-state index < -0.39 is 21.6 Å². The zero-order chi connectivity index (χ0) is 23.8. The van der Waals surface area contributed by atoms with Crippen LogP contribution in [0.15, 0.2) is 47.4 Å². The van der Waals surface area contributed by atoms with E-state index in [1.54, 1.807) is 11.0 Å². The molecule has 1 aliphatic carbocycles. The molecule has 178 valence electrons. The quantitative estimate of drug-likeness (QED) is 0.678. The molecule has 2 aromatic rings. The second-order valence-corrected chi connectivity index (χ2v) is 10.6. The average Bonchev–Trinajstić information content (AvgIpc) is 3.61. The fourth-order valence-electron chi connectivity index (χ4n) is 3.86. The van der Waals surface area contributed by atoms with E-state index in [9.17, 15) is 26.4 Å². The smallest absolute Gasteiger partial charge is 0.384 e. The van der Waals surface area contributed by atoms with Gasteiger partial charge < -0.3 is 15.1 Å². The van der Waals surface area contributed by atoms with Crippen LogP contribution in [0.1, 0.15) is 28.8 Å². The number of amides is 1. The van der Waals surface area contributed by atoms with Gasteiger partial charge in [0.2, 0.25) is 0 Å². The Labute approximate surface area is 191 Å². The first-order chi connectivity index (χ1) is 15.5. The predicted octanol–water partition coefficient (Wildman–Crippen LogP) is 3.89. The zero-order valence-corrected chi connectivity index (χ0v) is 19.0. The molecule has 10 heteroatoms. The van der Waals surface area contributed by atoms with Crippen LogP contribution in [0.5, 0.6) is 0 Å². The van der Waals surface area contributed by atoms with Gasteiger partial charge in [0.05, 0.1) is 16.0 Å². The number of nitrogens with zero attached hydrogens (tertiary/aromatic N) is 2. The Morgan fingerprint density at radius 3 is 2.21 bits per heavy atom. The predicted molar refractivity (Wildman–Crippen MR) is 120 cm³/mol. The minimum Gasteiger partial charge on any atom is -0.384 e.